The number of para-hydroxylation sites is 1. The summed E-state index contributed by atoms with van der Waals surface area (Å²) in [7, 11) is 0. The molecule has 22 heavy (non-hydrogen) atoms. The quantitative estimate of drug-likeness (QED) is 0.579. The van der Waals surface area contributed by atoms with Gasteiger partial charge in [-0.2, -0.15) is 5.10 Å². The SMILES string of the molecule is CSc1ccc(/C=N\n2nnnc2Nc2ccccc2)cc1. The van der Waals surface area contributed by atoms with Crippen molar-refractivity contribution in [3.05, 3.63) is 60.2 Å². The summed E-state index contributed by atoms with van der Waals surface area (Å²) >= 11 is 1.70. The van der Waals surface area contributed by atoms with Crippen molar-refractivity contribution in [2.75, 3.05) is 11.6 Å². The van der Waals surface area contributed by atoms with Crippen LogP contribution in [-0.4, -0.2) is 32.8 Å². The molecule has 0 bridgehead atoms. The molecular weight excluding hydrogens is 296 g/mol. The van der Waals surface area contributed by atoms with E-state index >= 15 is 0 Å². The lowest BCUT2D eigenvalue weighted by Crippen LogP contribution is -2.01. The van der Waals surface area contributed by atoms with E-state index in [1.54, 1.807) is 18.0 Å². The fourth-order valence-electron chi connectivity index (χ4n) is 1.80. The minimum absolute atomic E-state index is 0.461. The van der Waals surface area contributed by atoms with Crippen molar-refractivity contribution in [2.24, 2.45) is 5.10 Å². The molecule has 2 aromatic carbocycles. The second kappa shape index (κ2) is 6.86. The number of nitrogens with zero attached hydrogens (tertiary/aromatic N) is 5. The van der Waals surface area contributed by atoms with E-state index in [9.17, 15) is 0 Å². The zero-order valence-corrected chi connectivity index (χ0v) is 12.7. The van der Waals surface area contributed by atoms with Gasteiger partial charge in [-0.25, -0.2) is 0 Å². The number of aromatic nitrogens is 4. The molecular formula is C15H14N6S. The first kappa shape index (κ1) is 14.3. The lowest BCUT2D eigenvalue weighted by atomic mass is 10.2. The van der Waals surface area contributed by atoms with Gasteiger partial charge in [-0.1, -0.05) is 40.2 Å². The van der Waals surface area contributed by atoms with E-state index in [-0.39, 0.29) is 0 Å². The average Bonchev–Trinajstić information content (AvgIpc) is 3.01. The molecule has 0 amide bonds. The van der Waals surface area contributed by atoms with Crippen molar-refractivity contribution in [1.29, 1.82) is 0 Å². The first-order valence-electron chi connectivity index (χ1n) is 6.64. The second-order valence-corrected chi connectivity index (χ2v) is 5.28. The zero-order valence-electron chi connectivity index (χ0n) is 11.9. The Labute approximate surface area is 132 Å². The van der Waals surface area contributed by atoms with Crippen LogP contribution in [-0.2, 0) is 0 Å². The third kappa shape index (κ3) is 3.50. The third-order valence-electron chi connectivity index (χ3n) is 2.92. The van der Waals surface area contributed by atoms with E-state index in [4.69, 9.17) is 0 Å². The molecule has 0 aliphatic heterocycles. The predicted molar refractivity (Wildman–Crippen MR) is 88.8 cm³/mol. The minimum Gasteiger partial charge on any atom is -0.321 e. The van der Waals surface area contributed by atoms with Gasteiger partial charge in [-0.3, -0.25) is 0 Å². The Kier molecular flexibility index (Phi) is 4.45. The zero-order chi connectivity index (χ0) is 15.2. The molecule has 1 heterocycles. The van der Waals surface area contributed by atoms with Crippen LogP contribution in [0, 0.1) is 0 Å². The van der Waals surface area contributed by atoms with E-state index in [1.807, 2.05) is 48.7 Å². The molecule has 1 aromatic heterocycles. The average molecular weight is 310 g/mol. The molecule has 0 aliphatic carbocycles. The standard InChI is InChI=1S/C15H14N6S/c1-22-14-9-7-12(8-10-14)11-16-21-15(18-19-20-21)17-13-5-3-2-4-6-13/h2-11H,1H3,(H,17,18,20)/b16-11-. The maximum absolute atomic E-state index is 4.27. The number of benzene rings is 2. The minimum atomic E-state index is 0.461. The largest absolute Gasteiger partial charge is 0.321 e. The van der Waals surface area contributed by atoms with E-state index in [0.717, 1.165) is 11.3 Å². The van der Waals surface area contributed by atoms with Gasteiger partial charge in [0.1, 0.15) is 0 Å². The number of tetrazole rings is 1. The van der Waals surface area contributed by atoms with Crippen molar-refractivity contribution in [2.45, 2.75) is 4.90 Å². The van der Waals surface area contributed by atoms with Crippen LogP contribution in [0.2, 0.25) is 0 Å². The predicted octanol–water partition coefficient (Wildman–Crippen LogP) is 3.02. The van der Waals surface area contributed by atoms with Gasteiger partial charge >= 0.3 is 0 Å². The Morgan fingerprint density at radius 1 is 1.09 bits per heavy atom. The summed E-state index contributed by atoms with van der Waals surface area (Å²) in [6.07, 6.45) is 3.77. The van der Waals surface area contributed by atoms with Crippen LogP contribution in [0.3, 0.4) is 0 Å². The van der Waals surface area contributed by atoms with Gasteiger partial charge < -0.3 is 5.32 Å². The van der Waals surface area contributed by atoms with Crippen LogP contribution in [0.1, 0.15) is 5.56 Å². The Balaban J connectivity index is 1.75. The molecule has 3 aromatic rings. The van der Waals surface area contributed by atoms with E-state index in [0.29, 0.717) is 5.95 Å². The van der Waals surface area contributed by atoms with Gasteiger partial charge in [0.05, 0.1) is 6.21 Å². The molecule has 0 saturated heterocycles. The van der Waals surface area contributed by atoms with Crippen LogP contribution < -0.4 is 5.32 Å². The summed E-state index contributed by atoms with van der Waals surface area (Å²) < 4.78 is 0. The maximum atomic E-state index is 4.27. The first-order chi connectivity index (χ1) is 10.8. The van der Waals surface area contributed by atoms with Crippen molar-refractivity contribution in [3.8, 4) is 0 Å². The summed E-state index contributed by atoms with van der Waals surface area (Å²) in [6, 6.07) is 17.8. The van der Waals surface area contributed by atoms with Crippen molar-refractivity contribution >= 4 is 29.6 Å². The van der Waals surface area contributed by atoms with Gasteiger partial charge in [0.2, 0.25) is 0 Å². The van der Waals surface area contributed by atoms with Crippen LogP contribution in [0.5, 0.6) is 0 Å². The second-order valence-electron chi connectivity index (χ2n) is 4.40. The van der Waals surface area contributed by atoms with Crippen LogP contribution in [0.25, 0.3) is 0 Å². The van der Waals surface area contributed by atoms with Gasteiger partial charge in [-0.15, -0.1) is 11.8 Å². The highest BCUT2D eigenvalue weighted by molar-refractivity contribution is 7.98. The highest BCUT2D eigenvalue weighted by Crippen LogP contribution is 2.14. The van der Waals surface area contributed by atoms with Crippen LogP contribution in [0.15, 0.2) is 64.6 Å². The van der Waals surface area contributed by atoms with Gasteiger partial charge in [0, 0.05) is 10.6 Å². The molecule has 0 saturated carbocycles. The third-order valence-corrected chi connectivity index (χ3v) is 3.66. The molecule has 0 unspecified atom stereocenters. The monoisotopic (exact) mass is 310 g/mol. The van der Waals surface area contributed by atoms with Gasteiger partial charge in [0.25, 0.3) is 5.95 Å². The fourth-order valence-corrected chi connectivity index (χ4v) is 2.21. The molecule has 0 atom stereocenters. The molecule has 110 valence electrons. The van der Waals surface area contributed by atoms with Crippen LogP contribution >= 0.6 is 11.8 Å². The molecule has 6 nitrogen and oxygen atoms in total. The maximum Gasteiger partial charge on any atom is 0.269 e. The lowest BCUT2D eigenvalue weighted by molar-refractivity contribution is 0.699. The van der Waals surface area contributed by atoms with Crippen molar-refractivity contribution < 1.29 is 0 Å². The van der Waals surface area contributed by atoms with E-state index in [2.05, 4.69) is 38.1 Å². The molecule has 1 N–H and O–H groups in total. The number of anilines is 2. The Hall–Kier alpha value is -2.67. The lowest BCUT2D eigenvalue weighted by Gasteiger charge is -2.02. The highest BCUT2D eigenvalue weighted by atomic mass is 32.2. The smallest absolute Gasteiger partial charge is 0.269 e. The Morgan fingerprint density at radius 3 is 2.59 bits per heavy atom. The number of rotatable bonds is 5. The molecule has 0 radical (unpaired) electrons. The number of nitrogens with one attached hydrogen (secondary N) is 1. The normalized spacial score (nSPS) is 11.0. The Bertz CT molecular complexity index is 751. The summed E-state index contributed by atoms with van der Waals surface area (Å²) in [5, 5.41) is 18.8. The number of hydrogen-bond donors (Lipinski definition) is 1. The van der Waals surface area contributed by atoms with Crippen LogP contribution in [0.4, 0.5) is 11.6 Å². The molecule has 0 spiro atoms. The van der Waals surface area contributed by atoms with Crippen molar-refractivity contribution in [3.63, 3.8) is 0 Å². The van der Waals surface area contributed by atoms with E-state index in [1.165, 1.54) is 9.69 Å². The summed E-state index contributed by atoms with van der Waals surface area (Å²) in [5.74, 6) is 0.461. The van der Waals surface area contributed by atoms with E-state index < -0.39 is 0 Å². The summed E-state index contributed by atoms with van der Waals surface area (Å²) in [5.41, 5.74) is 1.89. The molecule has 0 aliphatic rings. The van der Waals surface area contributed by atoms with Gasteiger partial charge in [0.15, 0.2) is 0 Å². The summed E-state index contributed by atoms with van der Waals surface area (Å²) in [6.45, 7) is 0. The van der Waals surface area contributed by atoms with Crippen molar-refractivity contribution in [1.82, 2.24) is 20.3 Å². The summed E-state index contributed by atoms with van der Waals surface area (Å²) in [4.78, 5) is 2.57. The molecule has 7 heteroatoms. The first-order valence-corrected chi connectivity index (χ1v) is 7.86. The molecule has 0 fully saturated rings. The van der Waals surface area contributed by atoms with Gasteiger partial charge in [-0.05, 0) is 46.5 Å². The number of hydrogen-bond acceptors (Lipinski definition) is 6. The molecule has 3 rings (SSSR count). The topological polar surface area (TPSA) is 68.0 Å². The number of thioether (sulfide) groups is 1. The highest BCUT2D eigenvalue weighted by Gasteiger charge is 2.04. The fraction of sp³-hybridized carbons (Fsp3) is 0.0667. The Morgan fingerprint density at radius 2 is 1.86 bits per heavy atom.